The Kier molecular flexibility index (Phi) is 2.14. The van der Waals surface area contributed by atoms with Crippen LogP contribution in [0.1, 0.15) is 16.7 Å². The molecule has 2 aromatic carbocycles. The predicted octanol–water partition coefficient (Wildman–Crippen LogP) is 3.53. The van der Waals surface area contributed by atoms with E-state index in [1.165, 1.54) is 22.4 Å². The van der Waals surface area contributed by atoms with Gasteiger partial charge in [0, 0.05) is 19.3 Å². The summed E-state index contributed by atoms with van der Waals surface area (Å²) in [6.07, 6.45) is 5.81. The molecule has 1 atom stereocenters. The van der Waals surface area contributed by atoms with Crippen molar-refractivity contribution >= 4 is 5.69 Å². The lowest BCUT2D eigenvalue weighted by atomic mass is 9.71. The van der Waals surface area contributed by atoms with Crippen molar-refractivity contribution in [3.8, 4) is 0 Å². The summed E-state index contributed by atoms with van der Waals surface area (Å²) in [5, 5.41) is 0. The summed E-state index contributed by atoms with van der Waals surface area (Å²) in [5.74, 6) is 0. The fraction of sp³-hybridized carbons (Fsp3) is 0.222. The Morgan fingerprint density at radius 3 is 2.58 bits per heavy atom. The number of rotatable bonds is 0. The van der Waals surface area contributed by atoms with Gasteiger partial charge in [-0.05, 0) is 29.2 Å². The Morgan fingerprint density at radius 2 is 1.68 bits per heavy atom. The summed E-state index contributed by atoms with van der Waals surface area (Å²) in [7, 11) is 2.19. The van der Waals surface area contributed by atoms with Gasteiger partial charge < -0.3 is 4.90 Å². The zero-order chi connectivity index (χ0) is 12.9. The molecule has 0 radical (unpaired) electrons. The number of anilines is 1. The SMILES string of the molecule is CN1CC2(C=CCc3ccccc32)c2ccccc21. The Morgan fingerprint density at radius 1 is 0.947 bits per heavy atom. The summed E-state index contributed by atoms with van der Waals surface area (Å²) in [6, 6.07) is 17.7. The van der Waals surface area contributed by atoms with E-state index in [0.29, 0.717) is 0 Å². The third-order valence-corrected chi connectivity index (χ3v) is 4.52. The molecule has 0 saturated carbocycles. The Labute approximate surface area is 114 Å². The fourth-order valence-electron chi connectivity index (χ4n) is 3.71. The molecule has 1 heteroatoms. The molecule has 0 N–H and O–H groups in total. The van der Waals surface area contributed by atoms with E-state index in [1.54, 1.807) is 0 Å². The zero-order valence-electron chi connectivity index (χ0n) is 11.1. The van der Waals surface area contributed by atoms with Crippen molar-refractivity contribution in [1.82, 2.24) is 0 Å². The van der Waals surface area contributed by atoms with Crippen LogP contribution in [0.5, 0.6) is 0 Å². The Hall–Kier alpha value is -2.02. The topological polar surface area (TPSA) is 3.24 Å². The van der Waals surface area contributed by atoms with Crippen LogP contribution in [0.4, 0.5) is 5.69 Å². The number of hydrogen-bond acceptors (Lipinski definition) is 1. The summed E-state index contributed by atoms with van der Waals surface area (Å²) in [5.41, 5.74) is 5.81. The van der Waals surface area contributed by atoms with Gasteiger partial charge in [-0.25, -0.2) is 0 Å². The first-order valence-corrected chi connectivity index (χ1v) is 6.88. The van der Waals surface area contributed by atoms with Gasteiger partial charge in [-0.1, -0.05) is 54.6 Å². The van der Waals surface area contributed by atoms with Gasteiger partial charge in [-0.3, -0.25) is 0 Å². The second kappa shape index (κ2) is 3.74. The van der Waals surface area contributed by atoms with E-state index >= 15 is 0 Å². The quantitative estimate of drug-likeness (QED) is 0.644. The van der Waals surface area contributed by atoms with E-state index in [4.69, 9.17) is 0 Å². The Balaban J connectivity index is 2.02. The van der Waals surface area contributed by atoms with E-state index in [0.717, 1.165) is 13.0 Å². The van der Waals surface area contributed by atoms with Gasteiger partial charge in [-0.15, -0.1) is 0 Å². The van der Waals surface area contributed by atoms with Crippen LogP contribution in [0.2, 0.25) is 0 Å². The highest BCUT2D eigenvalue weighted by atomic mass is 15.1. The maximum absolute atomic E-state index is 2.41. The summed E-state index contributed by atoms with van der Waals surface area (Å²) >= 11 is 0. The summed E-state index contributed by atoms with van der Waals surface area (Å²) < 4.78 is 0. The zero-order valence-corrected chi connectivity index (χ0v) is 11.1. The van der Waals surface area contributed by atoms with E-state index in [9.17, 15) is 0 Å². The molecular formula is C18H17N. The van der Waals surface area contributed by atoms with Crippen LogP contribution in [0.3, 0.4) is 0 Å². The van der Waals surface area contributed by atoms with Crippen molar-refractivity contribution in [1.29, 1.82) is 0 Å². The molecule has 19 heavy (non-hydrogen) atoms. The standard InChI is InChI=1S/C18H17N/c1-19-13-18(16-10-4-5-11-17(16)19)12-6-8-14-7-2-3-9-15(14)18/h2-7,9-12H,8,13H2,1H3. The minimum atomic E-state index is 0.0557. The molecule has 1 aliphatic heterocycles. The van der Waals surface area contributed by atoms with E-state index in [-0.39, 0.29) is 5.41 Å². The average molecular weight is 247 g/mol. The van der Waals surface area contributed by atoms with Crippen LogP contribution >= 0.6 is 0 Å². The number of benzene rings is 2. The van der Waals surface area contributed by atoms with Crippen molar-refractivity contribution in [2.24, 2.45) is 0 Å². The maximum atomic E-state index is 2.41. The molecule has 0 bridgehead atoms. The number of para-hydroxylation sites is 1. The molecule has 1 unspecified atom stereocenters. The second-order valence-electron chi connectivity index (χ2n) is 5.61. The van der Waals surface area contributed by atoms with Gasteiger partial charge in [0.25, 0.3) is 0 Å². The minimum Gasteiger partial charge on any atom is -0.373 e. The number of fused-ring (bicyclic) bond motifs is 4. The molecule has 1 spiro atoms. The van der Waals surface area contributed by atoms with Gasteiger partial charge in [-0.2, -0.15) is 0 Å². The summed E-state index contributed by atoms with van der Waals surface area (Å²) in [4.78, 5) is 2.38. The first-order chi connectivity index (χ1) is 9.31. The van der Waals surface area contributed by atoms with Gasteiger partial charge in [0.15, 0.2) is 0 Å². The monoisotopic (exact) mass is 247 g/mol. The first-order valence-electron chi connectivity index (χ1n) is 6.88. The molecule has 0 amide bonds. The van der Waals surface area contributed by atoms with Crippen molar-refractivity contribution in [2.45, 2.75) is 11.8 Å². The van der Waals surface area contributed by atoms with E-state index < -0.39 is 0 Å². The van der Waals surface area contributed by atoms with Crippen LogP contribution in [0.15, 0.2) is 60.7 Å². The molecular weight excluding hydrogens is 230 g/mol. The lowest BCUT2D eigenvalue weighted by Gasteiger charge is -2.32. The molecule has 1 heterocycles. The first kappa shape index (κ1) is 10.9. The lowest BCUT2D eigenvalue weighted by Crippen LogP contribution is -2.33. The molecule has 0 fully saturated rings. The molecule has 4 rings (SSSR count). The highest BCUT2D eigenvalue weighted by molar-refractivity contribution is 5.69. The molecule has 0 aromatic heterocycles. The number of hydrogen-bond donors (Lipinski definition) is 0. The maximum Gasteiger partial charge on any atom is 0.0580 e. The van der Waals surface area contributed by atoms with Gasteiger partial charge in [0.05, 0.1) is 5.41 Å². The van der Waals surface area contributed by atoms with E-state index in [2.05, 4.69) is 72.6 Å². The highest BCUT2D eigenvalue weighted by Crippen LogP contribution is 2.47. The van der Waals surface area contributed by atoms with Crippen molar-refractivity contribution in [3.05, 3.63) is 77.4 Å². The van der Waals surface area contributed by atoms with Crippen LogP contribution < -0.4 is 4.90 Å². The normalized spacial score (nSPS) is 23.5. The fourth-order valence-corrected chi connectivity index (χ4v) is 3.71. The van der Waals surface area contributed by atoms with Gasteiger partial charge >= 0.3 is 0 Å². The van der Waals surface area contributed by atoms with Crippen molar-refractivity contribution in [3.63, 3.8) is 0 Å². The minimum absolute atomic E-state index is 0.0557. The highest BCUT2D eigenvalue weighted by Gasteiger charge is 2.42. The number of nitrogens with zero attached hydrogens (tertiary/aromatic N) is 1. The Bertz CT molecular complexity index is 671. The largest absolute Gasteiger partial charge is 0.373 e. The average Bonchev–Trinajstić information content (AvgIpc) is 2.74. The third-order valence-electron chi connectivity index (χ3n) is 4.52. The molecule has 0 saturated heterocycles. The molecule has 1 nitrogen and oxygen atoms in total. The van der Waals surface area contributed by atoms with Crippen LogP contribution in [0.25, 0.3) is 0 Å². The van der Waals surface area contributed by atoms with Crippen molar-refractivity contribution < 1.29 is 0 Å². The lowest BCUT2D eigenvalue weighted by molar-refractivity contribution is 0.660. The van der Waals surface area contributed by atoms with E-state index in [1.807, 2.05) is 0 Å². The second-order valence-corrected chi connectivity index (χ2v) is 5.61. The van der Waals surface area contributed by atoms with Crippen LogP contribution in [0, 0.1) is 0 Å². The van der Waals surface area contributed by atoms with Crippen LogP contribution in [-0.2, 0) is 11.8 Å². The van der Waals surface area contributed by atoms with Gasteiger partial charge in [0.2, 0.25) is 0 Å². The third kappa shape index (κ3) is 1.36. The molecule has 2 aromatic rings. The number of allylic oxidation sites excluding steroid dienone is 1. The predicted molar refractivity (Wildman–Crippen MR) is 79.8 cm³/mol. The van der Waals surface area contributed by atoms with Crippen molar-refractivity contribution in [2.75, 3.05) is 18.5 Å². The number of likely N-dealkylation sites (N-methyl/N-ethyl adjacent to an activating group) is 1. The van der Waals surface area contributed by atoms with Gasteiger partial charge in [0.1, 0.15) is 0 Å². The summed E-state index contributed by atoms with van der Waals surface area (Å²) in [6.45, 7) is 1.04. The van der Waals surface area contributed by atoms with Crippen LogP contribution in [-0.4, -0.2) is 13.6 Å². The molecule has 1 aliphatic carbocycles. The molecule has 2 aliphatic rings. The smallest absolute Gasteiger partial charge is 0.0580 e. The molecule has 94 valence electrons.